The molecule has 0 unspecified atom stereocenters. The van der Waals surface area contributed by atoms with Crippen molar-refractivity contribution in [1.82, 2.24) is 25.7 Å². The van der Waals surface area contributed by atoms with Gasteiger partial charge in [-0.05, 0) is 211 Å². The Balaban J connectivity index is 1.16. The third-order valence-corrected chi connectivity index (χ3v) is 30.0. The Labute approximate surface area is 546 Å². The van der Waals surface area contributed by atoms with Crippen LogP contribution in [0.3, 0.4) is 0 Å². The third-order valence-electron chi connectivity index (χ3n) is 15.4. The second-order valence-electron chi connectivity index (χ2n) is 22.9. The fraction of sp³-hybridized carbons (Fsp3) is 0.354. The molecule has 7 rings (SSSR count). The molecule has 0 aliphatic rings. The van der Waals surface area contributed by atoms with Gasteiger partial charge < -0.3 is 9.80 Å². The predicted molar refractivity (Wildman–Crippen MR) is 357 cm³/mol. The van der Waals surface area contributed by atoms with Gasteiger partial charge >= 0.3 is 0 Å². The molecule has 0 heterocycles. The van der Waals surface area contributed by atoms with Crippen LogP contribution in [0.15, 0.2) is 204 Å². The summed E-state index contributed by atoms with van der Waals surface area (Å²) in [5.74, 6) is 0. The molecule has 0 atom stereocenters. The number of hydrogen-bond acceptors (Lipinski definition) is 16. The Morgan fingerprint density at radius 3 is 0.609 bits per heavy atom. The SMILES string of the molecule is Cc1ccc(S(=O)(=O)NCCCN(CCCCN(CCCN(S(=O)(=O)c2ccc(C)cc2)S(=O)(=O)c2ccc(C)cc2)CCCN(S(=O)(=O)c2ccc(C)cc2)S(=O)(=O)c2ccc(C)cc2)CCCN(S(=O)(=O)c2ccc(C)cc2)S(=O)(=O)c2ccc(C)cc2)cc1. The van der Waals surface area contributed by atoms with Gasteiger partial charge in [0.25, 0.3) is 60.1 Å². The van der Waals surface area contributed by atoms with Crippen LogP contribution in [0.25, 0.3) is 0 Å². The number of rotatable bonds is 35. The highest BCUT2D eigenvalue weighted by Crippen LogP contribution is 2.30. The molecule has 0 amide bonds. The molecule has 27 heteroatoms. The Kier molecular flexibility index (Phi) is 25.1. The van der Waals surface area contributed by atoms with E-state index >= 15 is 0 Å². The van der Waals surface area contributed by atoms with Crippen LogP contribution in [-0.4, -0.2) is 145 Å². The molecule has 0 spiro atoms. The lowest BCUT2D eigenvalue weighted by molar-refractivity contribution is 0.231. The molecule has 20 nitrogen and oxygen atoms in total. The lowest BCUT2D eigenvalue weighted by atomic mass is 10.2. The van der Waals surface area contributed by atoms with Crippen molar-refractivity contribution in [2.75, 3.05) is 65.4 Å². The molecular formula is C65H82N6O14S7. The maximum Gasteiger partial charge on any atom is 0.256 e. The highest BCUT2D eigenvalue weighted by atomic mass is 32.3. The van der Waals surface area contributed by atoms with E-state index in [9.17, 15) is 58.9 Å². The summed E-state index contributed by atoms with van der Waals surface area (Å²) in [7, 11) is -32.0. The molecule has 7 aromatic rings. The van der Waals surface area contributed by atoms with E-state index in [-0.39, 0.29) is 99.2 Å². The van der Waals surface area contributed by atoms with Gasteiger partial charge in [0.15, 0.2) is 0 Å². The molecule has 0 saturated heterocycles. The van der Waals surface area contributed by atoms with Crippen LogP contribution < -0.4 is 4.72 Å². The van der Waals surface area contributed by atoms with Gasteiger partial charge in [-0.25, -0.2) is 63.6 Å². The maximum atomic E-state index is 14.5. The summed E-state index contributed by atoms with van der Waals surface area (Å²) < 4.78 is 204. The second kappa shape index (κ2) is 31.5. The Morgan fingerprint density at radius 1 is 0.228 bits per heavy atom. The van der Waals surface area contributed by atoms with Crippen molar-refractivity contribution in [3.05, 3.63) is 209 Å². The van der Waals surface area contributed by atoms with E-state index in [0.29, 0.717) is 30.5 Å². The fourth-order valence-corrected chi connectivity index (χ4v) is 22.2. The minimum Gasteiger partial charge on any atom is -0.303 e. The summed E-state index contributed by atoms with van der Waals surface area (Å²) in [6, 6.07) is 41.2. The molecule has 0 aliphatic carbocycles. The smallest absolute Gasteiger partial charge is 0.256 e. The monoisotopic (exact) mass is 1390 g/mol. The first-order valence-electron chi connectivity index (χ1n) is 30.0. The van der Waals surface area contributed by atoms with Gasteiger partial charge in [0.1, 0.15) is 0 Å². The zero-order chi connectivity index (χ0) is 67.3. The first-order valence-corrected chi connectivity index (χ1v) is 40.1. The van der Waals surface area contributed by atoms with Gasteiger partial charge in [-0.1, -0.05) is 135 Å². The zero-order valence-electron chi connectivity index (χ0n) is 52.8. The second-order valence-corrected chi connectivity index (χ2v) is 36.5. The summed E-state index contributed by atoms with van der Waals surface area (Å²) >= 11 is 0. The van der Waals surface area contributed by atoms with Crippen molar-refractivity contribution in [3.63, 3.8) is 0 Å². The molecule has 498 valence electrons. The lowest BCUT2D eigenvalue weighted by Gasteiger charge is -2.28. The number of sulfonamides is 7. The summed E-state index contributed by atoms with van der Waals surface area (Å²) in [6.07, 6.45) is 0.975. The standard InChI is InChI=1S/C65H82N6O14S7/c1-52-14-28-59(29-15-52)86(72,73)66-42-10-45-67(46-11-49-69(87(74,75)60-30-16-53(2)17-31-60)88(76,77)61-32-18-54(3)19-33-61)43-8-9-44-68(47-12-50-70(89(78,79)62-34-20-55(4)21-35-62)90(80,81)63-36-22-56(5)23-37-63)48-13-51-71(91(82,83)64-38-24-57(6)25-39-64)92(84,85)65-40-26-58(7)27-41-65/h14-41,66H,8-13,42-51H2,1-7H3. The van der Waals surface area contributed by atoms with Crippen molar-refractivity contribution >= 4 is 70.2 Å². The van der Waals surface area contributed by atoms with Crippen LogP contribution in [-0.2, 0) is 70.2 Å². The quantitative estimate of drug-likeness (QED) is 0.0363. The van der Waals surface area contributed by atoms with Gasteiger partial charge in [-0.15, -0.1) is 0 Å². The van der Waals surface area contributed by atoms with E-state index in [1.54, 1.807) is 126 Å². The molecule has 0 bridgehead atoms. The molecule has 92 heavy (non-hydrogen) atoms. The van der Waals surface area contributed by atoms with Crippen LogP contribution >= 0.6 is 0 Å². The minimum atomic E-state index is -4.70. The number of nitrogens with zero attached hydrogens (tertiary/aromatic N) is 5. The van der Waals surface area contributed by atoms with E-state index in [4.69, 9.17) is 0 Å². The van der Waals surface area contributed by atoms with Crippen molar-refractivity contribution in [2.24, 2.45) is 0 Å². The molecule has 0 fully saturated rings. The van der Waals surface area contributed by atoms with Crippen LogP contribution in [0.2, 0.25) is 0 Å². The van der Waals surface area contributed by atoms with Crippen LogP contribution in [0.5, 0.6) is 0 Å². The number of aryl methyl sites for hydroxylation is 7. The van der Waals surface area contributed by atoms with Crippen molar-refractivity contribution in [1.29, 1.82) is 0 Å². The van der Waals surface area contributed by atoms with Crippen molar-refractivity contribution < 1.29 is 58.9 Å². The Hall–Kier alpha value is -6.05. The van der Waals surface area contributed by atoms with Crippen LogP contribution in [0, 0.1) is 48.5 Å². The van der Waals surface area contributed by atoms with Gasteiger partial charge in [-0.2, -0.15) is 0 Å². The summed E-state index contributed by atoms with van der Waals surface area (Å²) in [5.41, 5.74) is 5.38. The zero-order valence-corrected chi connectivity index (χ0v) is 58.5. The van der Waals surface area contributed by atoms with E-state index in [1.807, 2.05) is 16.7 Å². The normalized spacial score (nSPS) is 13.0. The average Bonchev–Trinajstić information content (AvgIpc) is 0.793. The summed E-state index contributed by atoms with van der Waals surface area (Å²) in [5, 5.41) is 0. The minimum absolute atomic E-state index is 0.0123. The molecule has 0 radical (unpaired) electrons. The summed E-state index contributed by atoms with van der Waals surface area (Å²) in [4.78, 5) is 2.49. The number of hydrogen-bond donors (Lipinski definition) is 1. The van der Waals surface area contributed by atoms with Crippen LogP contribution in [0.1, 0.15) is 77.5 Å². The Morgan fingerprint density at radius 2 is 0.402 bits per heavy atom. The molecule has 1 N–H and O–H groups in total. The largest absolute Gasteiger partial charge is 0.303 e. The highest BCUT2D eigenvalue weighted by molar-refractivity contribution is 8.05. The van der Waals surface area contributed by atoms with E-state index in [1.165, 1.54) is 84.9 Å². The summed E-state index contributed by atoms with van der Waals surface area (Å²) in [6.45, 7) is 12.0. The maximum absolute atomic E-state index is 14.5. The number of unbranched alkanes of at least 4 members (excludes halogenated alkanes) is 1. The predicted octanol–water partition coefficient (Wildman–Crippen LogP) is 9.31. The van der Waals surface area contributed by atoms with Gasteiger partial charge in [0.2, 0.25) is 10.0 Å². The fourth-order valence-electron chi connectivity index (χ4n) is 10.00. The van der Waals surface area contributed by atoms with E-state index in [2.05, 4.69) is 4.72 Å². The molecule has 0 aromatic heterocycles. The Bertz CT molecular complexity index is 4050. The highest BCUT2D eigenvalue weighted by Gasteiger charge is 2.39. The average molecular weight is 1400 g/mol. The van der Waals surface area contributed by atoms with Crippen molar-refractivity contribution in [2.45, 2.75) is 121 Å². The van der Waals surface area contributed by atoms with E-state index < -0.39 is 89.8 Å². The molecular weight excluding hydrogens is 1310 g/mol. The molecule has 0 aliphatic heterocycles. The molecule has 7 aromatic carbocycles. The van der Waals surface area contributed by atoms with E-state index in [0.717, 1.165) is 38.9 Å². The topological polar surface area (TPSA) is 267 Å². The van der Waals surface area contributed by atoms with Gasteiger partial charge in [0.05, 0.1) is 34.3 Å². The number of benzene rings is 7. The first kappa shape index (κ1) is 73.4. The molecule has 0 saturated carbocycles. The number of nitrogens with one attached hydrogen (secondary N) is 1. The lowest BCUT2D eigenvalue weighted by Crippen LogP contribution is -2.40. The van der Waals surface area contributed by atoms with Gasteiger partial charge in [0, 0.05) is 26.2 Å². The van der Waals surface area contributed by atoms with Crippen LogP contribution in [0.4, 0.5) is 0 Å². The first-order chi connectivity index (χ1) is 43.3. The third kappa shape index (κ3) is 18.9. The van der Waals surface area contributed by atoms with Crippen molar-refractivity contribution in [3.8, 4) is 0 Å². The van der Waals surface area contributed by atoms with Gasteiger partial charge in [-0.3, -0.25) is 0 Å².